The zero-order valence-corrected chi connectivity index (χ0v) is 17.3. The number of rotatable bonds is 6. The van der Waals surface area contributed by atoms with E-state index in [1.165, 1.54) is 61.7 Å². The van der Waals surface area contributed by atoms with Crippen LogP contribution in [0.15, 0.2) is 54.6 Å². The Kier molecular flexibility index (Phi) is 6.68. The van der Waals surface area contributed by atoms with Crippen LogP contribution in [0.1, 0.15) is 20.7 Å². The van der Waals surface area contributed by atoms with Crippen molar-refractivity contribution in [2.24, 2.45) is 0 Å². The maximum absolute atomic E-state index is 12.6. The summed E-state index contributed by atoms with van der Waals surface area (Å²) in [5, 5.41) is 14.0. The number of amides is 1. The SMILES string of the molecule is COC(=O)c1cc(Oc2cccc([N+](=O)[O-])n2)ccc1NC(=O)c1ccc(Cl)cc1Cl. The number of methoxy groups -OCH3 is 1. The normalized spacial score (nSPS) is 10.3. The molecular formula is C20H13Cl2N3O6. The molecule has 3 rings (SSSR count). The molecule has 0 aliphatic heterocycles. The standard InChI is InChI=1S/C20H13Cl2N3O6/c1-30-20(27)14-10-12(31-18-4-2-3-17(24-18)25(28)29)6-8-16(14)23-19(26)13-7-5-11(21)9-15(13)22/h2-10H,1H3,(H,23,26). The number of ether oxygens (including phenoxy) is 2. The Morgan fingerprint density at radius 2 is 1.84 bits per heavy atom. The Hall–Kier alpha value is -3.69. The number of carbonyl (C=O) groups excluding carboxylic acids is 2. The molecule has 0 bridgehead atoms. The summed E-state index contributed by atoms with van der Waals surface area (Å²) in [5.41, 5.74) is 0.286. The van der Waals surface area contributed by atoms with E-state index in [0.717, 1.165) is 0 Å². The lowest BCUT2D eigenvalue weighted by Gasteiger charge is -2.12. The molecule has 0 unspecified atom stereocenters. The lowest BCUT2D eigenvalue weighted by molar-refractivity contribution is -0.389. The number of hydrogen-bond donors (Lipinski definition) is 1. The summed E-state index contributed by atoms with van der Waals surface area (Å²) < 4.78 is 10.3. The van der Waals surface area contributed by atoms with E-state index in [0.29, 0.717) is 5.02 Å². The van der Waals surface area contributed by atoms with Crippen molar-refractivity contribution in [2.45, 2.75) is 0 Å². The summed E-state index contributed by atoms with van der Waals surface area (Å²) in [6.45, 7) is 0. The Bertz CT molecular complexity index is 1190. The van der Waals surface area contributed by atoms with Crippen molar-refractivity contribution in [3.05, 3.63) is 85.9 Å². The maximum atomic E-state index is 12.6. The number of halogens is 2. The average Bonchev–Trinajstić information content (AvgIpc) is 2.74. The smallest absolute Gasteiger partial charge is 0.367 e. The van der Waals surface area contributed by atoms with Crippen molar-refractivity contribution in [3.63, 3.8) is 0 Å². The van der Waals surface area contributed by atoms with Gasteiger partial charge in [-0.1, -0.05) is 23.2 Å². The van der Waals surface area contributed by atoms with Crippen molar-refractivity contribution in [1.82, 2.24) is 4.98 Å². The Morgan fingerprint density at radius 3 is 2.52 bits per heavy atom. The molecule has 1 aromatic heterocycles. The summed E-state index contributed by atoms with van der Waals surface area (Å²) in [7, 11) is 1.18. The highest BCUT2D eigenvalue weighted by Crippen LogP contribution is 2.28. The summed E-state index contributed by atoms with van der Waals surface area (Å²) >= 11 is 11.9. The fourth-order valence-electron chi connectivity index (χ4n) is 2.52. The van der Waals surface area contributed by atoms with Crippen molar-refractivity contribution >= 4 is 46.6 Å². The second-order valence-corrected chi connectivity index (χ2v) is 6.81. The molecule has 0 radical (unpaired) electrons. The third-order valence-electron chi connectivity index (χ3n) is 3.94. The minimum absolute atomic E-state index is 0.0103. The second-order valence-electron chi connectivity index (χ2n) is 5.97. The number of carbonyl (C=O) groups is 2. The van der Waals surface area contributed by atoms with Crippen LogP contribution in [0, 0.1) is 10.1 Å². The van der Waals surface area contributed by atoms with E-state index in [-0.39, 0.29) is 33.5 Å². The third-order valence-corrected chi connectivity index (χ3v) is 4.49. The molecule has 3 aromatic rings. The molecule has 0 saturated heterocycles. The quantitative estimate of drug-likeness (QED) is 0.306. The number of nitrogens with one attached hydrogen (secondary N) is 1. The van der Waals surface area contributed by atoms with Crippen LogP contribution >= 0.6 is 23.2 Å². The van der Waals surface area contributed by atoms with E-state index < -0.39 is 22.6 Å². The minimum Gasteiger partial charge on any atom is -0.465 e. The molecule has 1 heterocycles. The van der Waals surface area contributed by atoms with Crippen LogP contribution in [0.4, 0.5) is 11.5 Å². The van der Waals surface area contributed by atoms with Gasteiger partial charge in [0.2, 0.25) is 0 Å². The predicted molar refractivity (Wildman–Crippen MR) is 113 cm³/mol. The van der Waals surface area contributed by atoms with Crippen LogP contribution in [0.25, 0.3) is 0 Å². The molecule has 11 heteroatoms. The van der Waals surface area contributed by atoms with E-state index in [4.69, 9.17) is 32.7 Å². The predicted octanol–water partition coefficient (Wildman–Crippen LogP) is 5.13. The molecule has 0 saturated carbocycles. The van der Waals surface area contributed by atoms with Gasteiger partial charge < -0.3 is 24.9 Å². The zero-order valence-electron chi connectivity index (χ0n) is 15.8. The minimum atomic E-state index is -0.741. The van der Waals surface area contributed by atoms with Crippen LogP contribution in [-0.4, -0.2) is 28.9 Å². The number of anilines is 1. The van der Waals surface area contributed by atoms with Gasteiger partial charge in [-0.3, -0.25) is 4.79 Å². The number of benzene rings is 2. The molecule has 0 aliphatic rings. The van der Waals surface area contributed by atoms with Gasteiger partial charge in [0.25, 0.3) is 5.91 Å². The van der Waals surface area contributed by atoms with Crippen molar-refractivity contribution in [1.29, 1.82) is 0 Å². The fourth-order valence-corrected chi connectivity index (χ4v) is 3.02. The van der Waals surface area contributed by atoms with Crippen molar-refractivity contribution in [2.75, 3.05) is 12.4 Å². The number of aromatic nitrogens is 1. The highest BCUT2D eigenvalue weighted by atomic mass is 35.5. The average molecular weight is 462 g/mol. The Labute approximate surface area is 185 Å². The number of pyridine rings is 1. The van der Waals surface area contributed by atoms with Gasteiger partial charge in [-0.05, 0) is 47.4 Å². The first-order valence-corrected chi connectivity index (χ1v) is 9.32. The third kappa shape index (κ3) is 5.27. The lowest BCUT2D eigenvalue weighted by Crippen LogP contribution is -2.16. The molecule has 1 amide bonds. The Morgan fingerprint density at radius 1 is 1.06 bits per heavy atom. The molecule has 158 valence electrons. The van der Waals surface area contributed by atoms with Gasteiger partial charge in [-0.2, -0.15) is 0 Å². The monoisotopic (exact) mass is 461 g/mol. The summed E-state index contributed by atoms with van der Waals surface area (Å²) in [6.07, 6.45) is 0. The van der Waals surface area contributed by atoms with Gasteiger partial charge in [0.15, 0.2) is 0 Å². The van der Waals surface area contributed by atoms with Crippen LogP contribution in [-0.2, 0) is 4.74 Å². The van der Waals surface area contributed by atoms with E-state index in [2.05, 4.69) is 10.3 Å². The first kappa shape index (κ1) is 22.0. The van der Waals surface area contributed by atoms with Gasteiger partial charge in [-0.25, -0.2) is 4.79 Å². The second kappa shape index (κ2) is 9.41. The number of nitrogens with zero attached hydrogens (tertiary/aromatic N) is 2. The van der Waals surface area contributed by atoms with Crippen LogP contribution in [0.2, 0.25) is 10.0 Å². The van der Waals surface area contributed by atoms with Crippen LogP contribution in [0.5, 0.6) is 11.6 Å². The number of hydrogen-bond acceptors (Lipinski definition) is 7. The zero-order chi connectivity index (χ0) is 22.5. The molecule has 0 atom stereocenters. The fraction of sp³-hybridized carbons (Fsp3) is 0.0500. The molecule has 0 spiro atoms. The first-order valence-electron chi connectivity index (χ1n) is 8.56. The van der Waals surface area contributed by atoms with Crippen LogP contribution < -0.4 is 10.1 Å². The van der Waals surface area contributed by atoms with E-state index >= 15 is 0 Å². The molecule has 31 heavy (non-hydrogen) atoms. The molecule has 2 aromatic carbocycles. The molecular weight excluding hydrogens is 449 g/mol. The van der Waals surface area contributed by atoms with Gasteiger partial charge in [0, 0.05) is 22.1 Å². The van der Waals surface area contributed by atoms with Gasteiger partial charge in [-0.15, -0.1) is 0 Å². The largest absolute Gasteiger partial charge is 0.465 e. The van der Waals surface area contributed by atoms with Gasteiger partial charge in [0.1, 0.15) is 5.75 Å². The van der Waals surface area contributed by atoms with E-state index in [1.54, 1.807) is 0 Å². The molecule has 9 nitrogen and oxygen atoms in total. The number of esters is 1. The summed E-state index contributed by atoms with van der Waals surface area (Å²) in [6, 6.07) is 12.6. The summed E-state index contributed by atoms with van der Waals surface area (Å²) in [4.78, 5) is 38.8. The van der Waals surface area contributed by atoms with Gasteiger partial charge in [0.05, 0.1) is 28.9 Å². The van der Waals surface area contributed by atoms with Crippen molar-refractivity contribution in [3.8, 4) is 11.6 Å². The highest BCUT2D eigenvalue weighted by molar-refractivity contribution is 6.37. The molecule has 0 aliphatic carbocycles. The highest BCUT2D eigenvalue weighted by Gasteiger charge is 2.19. The molecule has 0 fully saturated rings. The molecule has 1 N–H and O–H groups in total. The van der Waals surface area contributed by atoms with E-state index in [1.807, 2.05) is 0 Å². The number of nitro groups is 1. The Balaban J connectivity index is 1.89. The first-order chi connectivity index (χ1) is 14.8. The topological polar surface area (TPSA) is 121 Å². The van der Waals surface area contributed by atoms with E-state index in [9.17, 15) is 19.7 Å². The maximum Gasteiger partial charge on any atom is 0.367 e. The summed E-state index contributed by atoms with van der Waals surface area (Å²) in [5.74, 6) is -1.60. The van der Waals surface area contributed by atoms with Gasteiger partial charge >= 0.3 is 17.7 Å². The lowest BCUT2D eigenvalue weighted by atomic mass is 10.1. The van der Waals surface area contributed by atoms with Crippen molar-refractivity contribution < 1.29 is 24.0 Å². The van der Waals surface area contributed by atoms with Crippen LogP contribution in [0.3, 0.4) is 0 Å².